The van der Waals surface area contributed by atoms with Gasteiger partial charge in [-0.3, -0.25) is 19.5 Å². The summed E-state index contributed by atoms with van der Waals surface area (Å²) in [5, 5.41) is 3.72. The highest BCUT2D eigenvalue weighted by molar-refractivity contribution is 14.1. The van der Waals surface area contributed by atoms with Crippen LogP contribution in [0.2, 0.25) is 0 Å². The van der Waals surface area contributed by atoms with Gasteiger partial charge in [-0.1, -0.05) is 56.7 Å². The Morgan fingerprint density at radius 1 is 1.05 bits per heavy atom. The molecule has 1 saturated heterocycles. The Labute approximate surface area is 260 Å². The van der Waals surface area contributed by atoms with Crippen molar-refractivity contribution >= 4 is 63.1 Å². The first-order valence-electron chi connectivity index (χ1n) is 14.8. The van der Waals surface area contributed by atoms with Crippen LogP contribution in [-0.2, 0) is 9.59 Å². The number of hydrogen-bond donors (Lipinski definition) is 1. The van der Waals surface area contributed by atoms with Crippen molar-refractivity contribution in [1.82, 2.24) is 4.90 Å². The van der Waals surface area contributed by atoms with Gasteiger partial charge in [-0.25, -0.2) is 0 Å². The number of hydrogen-bond acceptors (Lipinski definition) is 6. The van der Waals surface area contributed by atoms with Crippen LogP contribution in [0.1, 0.15) is 76.7 Å². The number of anilines is 1. The quantitative estimate of drug-likeness (QED) is 0.217. The Bertz CT molecular complexity index is 1290. The maximum Gasteiger partial charge on any atom is 0.266 e. The summed E-state index contributed by atoms with van der Waals surface area (Å²) in [6.45, 7) is 2.22. The molecule has 2 saturated carbocycles. The van der Waals surface area contributed by atoms with Crippen LogP contribution in [0, 0.1) is 3.57 Å². The zero-order chi connectivity index (χ0) is 28.6. The number of ether oxygens (including phenoxy) is 2. The Morgan fingerprint density at radius 3 is 2.46 bits per heavy atom. The van der Waals surface area contributed by atoms with Gasteiger partial charge in [-0.05, 0) is 103 Å². The van der Waals surface area contributed by atoms with Gasteiger partial charge in [0.25, 0.3) is 11.8 Å². The molecule has 5 rings (SSSR count). The predicted molar refractivity (Wildman–Crippen MR) is 174 cm³/mol. The van der Waals surface area contributed by atoms with Crippen molar-refractivity contribution in [2.45, 2.75) is 83.2 Å². The molecule has 41 heavy (non-hydrogen) atoms. The Hall–Kier alpha value is -2.53. The number of nitrogens with zero attached hydrogens (tertiary/aromatic N) is 2. The minimum absolute atomic E-state index is 0.0577. The number of carbonyl (C=O) groups excluding carboxylic acids is 2. The van der Waals surface area contributed by atoms with Crippen molar-refractivity contribution < 1.29 is 19.1 Å². The van der Waals surface area contributed by atoms with E-state index in [-0.39, 0.29) is 24.5 Å². The minimum Gasteiger partial charge on any atom is -0.490 e. The van der Waals surface area contributed by atoms with Crippen LogP contribution in [0.5, 0.6) is 11.5 Å². The summed E-state index contributed by atoms with van der Waals surface area (Å²) < 4.78 is 12.7. The summed E-state index contributed by atoms with van der Waals surface area (Å²) in [6, 6.07) is 13.7. The first-order valence-corrected chi connectivity index (χ1v) is 16.7. The van der Waals surface area contributed by atoms with E-state index in [0.717, 1.165) is 58.5 Å². The van der Waals surface area contributed by atoms with Crippen molar-refractivity contribution in [3.8, 4) is 11.5 Å². The summed E-state index contributed by atoms with van der Waals surface area (Å²) in [5.74, 6) is 0.879. The van der Waals surface area contributed by atoms with Crippen LogP contribution in [0.4, 0.5) is 5.69 Å². The van der Waals surface area contributed by atoms with Gasteiger partial charge in [0, 0.05) is 11.7 Å². The maximum atomic E-state index is 13.8. The molecular formula is C32H38IN3O4S. The average molecular weight is 688 g/mol. The Balaban J connectivity index is 1.36. The Morgan fingerprint density at radius 2 is 1.76 bits per heavy atom. The summed E-state index contributed by atoms with van der Waals surface area (Å²) in [4.78, 5) is 34.1. The van der Waals surface area contributed by atoms with E-state index in [2.05, 4.69) is 27.9 Å². The van der Waals surface area contributed by atoms with Crippen molar-refractivity contribution in [2.24, 2.45) is 4.99 Å². The smallest absolute Gasteiger partial charge is 0.266 e. The second kappa shape index (κ2) is 14.6. The van der Waals surface area contributed by atoms with Crippen LogP contribution in [0.25, 0.3) is 6.08 Å². The van der Waals surface area contributed by atoms with Gasteiger partial charge in [-0.15, -0.1) is 0 Å². The highest BCUT2D eigenvalue weighted by atomic mass is 127. The van der Waals surface area contributed by atoms with Crippen molar-refractivity contribution in [1.29, 1.82) is 0 Å². The molecule has 2 aromatic carbocycles. The van der Waals surface area contributed by atoms with Crippen LogP contribution in [-0.4, -0.2) is 47.2 Å². The molecule has 0 unspecified atom stereocenters. The normalized spacial score (nSPS) is 20.5. The van der Waals surface area contributed by atoms with Crippen LogP contribution in [0.15, 0.2) is 52.4 Å². The molecule has 1 N–H and O–H groups in total. The van der Waals surface area contributed by atoms with Gasteiger partial charge >= 0.3 is 0 Å². The number of rotatable bonds is 9. The van der Waals surface area contributed by atoms with Crippen LogP contribution < -0.4 is 14.8 Å². The van der Waals surface area contributed by atoms with E-state index in [1.54, 1.807) is 0 Å². The van der Waals surface area contributed by atoms with Crippen molar-refractivity contribution in [2.75, 3.05) is 18.5 Å². The van der Waals surface area contributed by atoms with Gasteiger partial charge in [0.05, 0.1) is 21.1 Å². The van der Waals surface area contributed by atoms with E-state index in [1.165, 1.54) is 37.4 Å². The lowest BCUT2D eigenvalue weighted by Gasteiger charge is -2.31. The number of nitrogens with one attached hydrogen (secondary N) is 1. The molecule has 2 amide bonds. The van der Waals surface area contributed by atoms with Gasteiger partial charge < -0.3 is 14.8 Å². The monoisotopic (exact) mass is 687 g/mol. The fourth-order valence-electron chi connectivity index (χ4n) is 5.69. The molecule has 1 heterocycles. The number of benzene rings is 2. The summed E-state index contributed by atoms with van der Waals surface area (Å²) in [6.07, 6.45) is 13.5. The zero-order valence-electron chi connectivity index (χ0n) is 23.6. The first kappa shape index (κ1) is 29.9. The predicted octanol–water partition coefficient (Wildman–Crippen LogP) is 7.65. The van der Waals surface area contributed by atoms with Gasteiger partial charge in [0.2, 0.25) is 0 Å². The van der Waals surface area contributed by atoms with E-state index in [1.807, 2.05) is 60.4 Å². The fourth-order valence-corrected chi connectivity index (χ4v) is 7.58. The molecule has 2 aromatic rings. The number of carbonyl (C=O) groups is 2. The molecule has 0 bridgehead atoms. The second-order valence-corrected chi connectivity index (χ2v) is 12.9. The maximum absolute atomic E-state index is 13.8. The third-order valence-corrected chi connectivity index (χ3v) is 9.48. The molecule has 2 aliphatic carbocycles. The minimum atomic E-state index is -0.249. The van der Waals surface area contributed by atoms with Crippen molar-refractivity contribution in [3.05, 3.63) is 56.5 Å². The second-order valence-electron chi connectivity index (χ2n) is 10.7. The number of para-hydroxylation sites is 1. The molecule has 9 heteroatoms. The van der Waals surface area contributed by atoms with Crippen LogP contribution in [0.3, 0.4) is 0 Å². The molecule has 7 nitrogen and oxygen atoms in total. The average Bonchev–Trinajstić information content (AvgIpc) is 3.28. The molecule has 1 aliphatic heterocycles. The number of amidine groups is 1. The molecule has 218 valence electrons. The zero-order valence-corrected chi connectivity index (χ0v) is 26.5. The standard InChI is InChI=1S/C32H38IN3O4S/c1-2-39-27-19-22(18-26(33)30(27)40-21-29(37)34-23-12-6-3-7-13-23)20-28-31(38)36(25-16-10-5-11-17-25)32(41-28)35-24-14-8-4-9-15-24/h3,6-7,12-13,18-20,24-25H,2,4-5,8-11,14-17,21H2,1H3,(H,34,37). The lowest BCUT2D eigenvalue weighted by Crippen LogP contribution is -2.41. The van der Waals surface area contributed by atoms with Gasteiger partial charge in [-0.2, -0.15) is 0 Å². The SMILES string of the molecule is CCOc1cc(C=C2SC(=NC3CCCCC3)N(C3CCCCC3)C2=O)cc(I)c1OCC(=O)Nc1ccccc1. The fraction of sp³-hybridized carbons (Fsp3) is 0.469. The lowest BCUT2D eigenvalue weighted by molar-refractivity contribution is -0.124. The topological polar surface area (TPSA) is 80.2 Å². The summed E-state index contributed by atoms with van der Waals surface area (Å²) in [7, 11) is 0. The van der Waals surface area contributed by atoms with E-state index >= 15 is 0 Å². The highest BCUT2D eigenvalue weighted by Gasteiger charge is 2.39. The Kier molecular flexibility index (Phi) is 10.6. The van der Waals surface area contributed by atoms with E-state index < -0.39 is 0 Å². The molecule has 3 fully saturated rings. The molecule has 0 aromatic heterocycles. The first-order chi connectivity index (χ1) is 20.0. The molecule has 0 atom stereocenters. The number of aliphatic imine (C=N–C) groups is 1. The molecule has 0 radical (unpaired) electrons. The van der Waals surface area contributed by atoms with Gasteiger partial charge in [0.15, 0.2) is 23.3 Å². The van der Waals surface area contributed by atoms with E-state index in [9.17, 15) is 9.59 Å². The van der Waals surface area contributed by atoms with Crippen molar-refractivity contribution in [3.63, 3.8) is 0 Å². The molecule has 3 aliphatic rings. The lowest BCUT2D eigenvalue weighted by atomic mass is 9.94. The third-order valence-electron chi connectivity index (χ3n) is 7.68. The highest BCUT2D eigenvalue weighted by Crippen LogP contribution is 2.40. The van der Waals surface area contributed by atoms with E-state index in [0.29, 0.717) is 29.1 Å². The van der Waals surface area contributed by atoms with Crippen LogP contribution >= 0.6 is 34.4 Å². The number of halogens is 1. The molecule has 0 spiro atoms. The number of thioether (sulfide) groups is 1. The van der Waals surface area contributed by atoms with E-state index in [4.69, 9.17) is 14.5 Å². The third kappa shape index (κ3) is 7.85. The number of amides is 2. The van der Waals surface area contributed by atoms with Gasteiger partial charge in [0.1, 0.15) is 0 Å². The summed E-state index contributed by atoms with van der Waals surface area (Å²) >= 11 is 3.71. The summed E-state index contributed by atoms with van der Waals surface area (Å²) in [5.41, 5.74) is 1.58. The largest absolute Gasteiger partial charge is 0.490 e. The molecular weight excluding hydrogens is 649 g/mol.